The number of halogens is 1. The summed E-state index contributed by atoms with van der Waals surface area (Å²) in [5, 5.41) is 2.71. The summed E-state index contributed by atoms with van der Waals surface area (Å²) < 4.78 is 18.2. The van der Waals surface area contributed by atoms with Crippen LogP contribution in [0.2, 0.25) is 0 Å². The molecule has 0 aliphatic carbocycles. The number of aryl methyl sites for hydroxylation is 2. The van der Waals surface area contributed by atoms with E-state index in [-0.39, 0.29) is 12.5 Å². The van der Waals surface area contributed by atoms with Gasteiger partial charge in [-0.1, -0.05) is 6.07 Å². The lowest BCUT2D eigenvalue weighted by molar-refractivity contribution is 0.0916. The fraction of sp³-hybridized carbons (Fsp3) is 0.263. The van der Waals surface area contributed by atoms with Gasteiger partial charge >= 0.3 is 6.09 Å². The number of rotatable bonds is 4. The fourth-order valence-electron chi connectivity index (χ4n) is 2.64. The second-order valence-electron chi connectivity index (χ2n) is 6.10. The Morgan fingerprint density at radius 1 is 1.20 bits per heavy atom. The zero-order chi connectivity index (χ0) is 18.0. The molecule has 130 valence electrons. The third-order valence-electron chi connectivity index (χ3n) is 4.27. The van der Waals surface area contributed by atoms with Crippen molar-refractivity contribution in [1.29, 1.82) is 0 Å². The highest BCUT2D eigenvalue weighted by molar-refractivity contribution is 5.94. The van der Waals surface area contributed by atoms with E-state index in [1.165, 1.54) is 24.3 Å². The Bertz CT molecular complexity index is 805. The number of nitrogens with one attached hydrogen (secondary N) is 1. The van der Waals surface area contributed by atoms with E-state index < -0.39 is 18.0 Å². The maximum atomic E-state index is 12.9. The maximum absolute atomic E-state index is 12.9. The molecule has 6 heteroatoms. The number of ether oxygens (including phenoxy) is 1. The monoisotopic (exact) mass is 342 g/mol. The number of cyclic esters (lactones) is 1. The predicted octanol–water partition coefficient (Wildman–Crippen LogP) is 3.20. The number of carbonyl (C=O) groups is 2. The van der Waals surface area contributed by atoms with Gasteiger partial charge in [-0.3, -0.25) is 9.69 Å². The van der Waals surface area contributed by atoms with E-state index in [4.69, 9.17) is 4.74 Å². The minimum Gasteiger partial charge on any atom is -0.442 e. The minimum absolute atomic E-state index is 0.198. The van der Waals surface area contributed by atoms with Crippen molar-refractivity contribution in [2.45, 2.75) is 20.0 Å². The molecule has 1 aliphatic heterocycles. The summed E-state index contributed by atoms with van der Waals surface area (Å²) >= 11 is 0. The summed E-state index contributed by atoms with van der Waals surface area (Å²) in [6.45, 7) is 4.56. The lowest BCUT2D eigenvalue weighted by atomic mass is 10.1. The Kier molecular flexibility index (Phi) is 4.70. The van der Waals surface area contributed by atoms with Crippen molar-refractivity contribution in [1.82, 2.24) is 5.32 Å². The molecular formula is C19H19FN2O3. The van der Waals surface area contributed by atoms with Gasteiger partial charge in [0.2, 0.25) is 0 Å². The van der Waals surface area contributed by atoms with Crippen molar-refractivity contribution in [2.24, 2.45) is 0 Å². The summed E-state index contributed by atoms with van der Waals surface area (Å²) in [5.74, 6) is -0.731. The fourth-order valence-corrected chi connectivity index (χ4v) is 2.64. The SMILES string of the molecule is Cc1ccc(N2CC(CNC(=O)c3ccc(F)cc3)OC2=O)cc1C. The first-order valence-electron chi connectivity index (χ1n) is 8.03. The molecule has 25 heavy (non-hydrogen) atoms. The highest BCUT2D eigenvalue weighted by Crippen LogP contribution is 2.23. The first kappa shape index (κ1) is 17.0. The average molecular weight is 342 g/mol. The Hall–Kier alpha value is -2.89. The number of nitrogens with zero attached hydrogens (tertiary/aromatic N) is 1. The van der Waals surface area contributed by atoms with E-state index in [2.05, 4.69) is 5.32 Å². The van der Waals surface area contributed by atoms with Crippen molar-refractivity contribution in [2.75, 3.05) is 18.0 Å². The first-order chi connectivity index (χ1) is 11.9. The Labute approximate surface area is 145 Å². The smallest absolute Gasteiger partial charge is 0.414 e. The lowest BCUT2D eigenvalue weighted by Gasteiger charge is -2.14. The molecule has 0 radical (unpaired) electrons. The number of hydrogen-bond acceptors (Lipinski definition) is 3. The van der Waals surface area contributed by atoms with Crippen molar-refractivity contribution >= 4 is 17.7 Å². The molecule has 3 rings (SSSR count). The quantitative estimate of drug-likeness (QED) is 0.928. The first-order valence-corrected chi connectivity index (χ1v) is 8.03. The van der Waals surface area contributed by atoms with Crippen LogP contribution in [0.1, 0.15) is 21.5 Å². The number of amides is 2. The van der Waals surface area contributed by atoms with Crippen LogP contribution in [0.3, 0.4) is 0 Å². The van der Waals surface area contributed by atoms with Gasteiger partial charge in [0.15, 0.2) is 0 Å². The van der Waals surface area contributed by atoms with E-state index in [0.29, 0.717) is 12.1 Å². The van der Waals surface area contributed by atoms with E-state index >= 15 is 0 Å². The number of hydrogen-bond donors (Lipinski definition) is 1. The molecule has 1 N–H and O–H groups in total. The van der Waals surface area contributed by atoms with Gasteiger partial charge in [-0.15, -0.1) is 0 Å². The van der Waals surface area contributed by atoms with Crippen LogP contribution in [0.4, 0.5) is 14.9 Å². The van der Waals surface area contributed by atoms with E-state index in [1.54, 1.807) is 4.90 Å². The van der Waals surface area contributed by atoms with Gasteiger partial charge in [-0.2, -0.15) is 0 Å². The van der Waals surface area contributed by atoms with E-state index in [9.17, 15) is 14.0 Å². The molecule has 1 aliphatic rings. The minimum atomic E-state index is -0.432. The molecule has 5 nitrogen and oxygen atoms in total. The summed E-state index contributed by atoms with van der Waals surface area (Å²) in [6.07, 6.45) is -0.859. The summed E-state index contributed by atoms with van der Waals surface area (Å²) in [6, 6.07) is 11.1. The molecule has 0 bridgehead atoms. The van der Waals surface area contributed by atoms with Gasteiger partial charge in [0, 0.05) is 11.3 Å². The molecule has 2 aromatic rings. The summed E-state index contributed by atoms with van der Waals surface area (Å²) in [4.78, 5) is 25.7. The Morgan fingerprint density at radius 3 is 2.60 bits per heavy atom. The highest BCUT2D eigenvalue weighted by atomic mass is 19.1. The van der Waals surface area contributed by atoms with Crippen molar-refractivity contribution < 1.29 is 18.7 Å². The van der Waals surface area contributed by atoms with Crippen molar-refractivity contribution in [3.8, 4) is 0 Å². The van der Waals surface area contributed by atoms with Crippen LogP contribution in [-0.4, -0.2) is 31.2 Å². The molecule has 1 heterocycles. The number of benzene rings is 2. The van der Waals surface area contributed by atoms with Crippen LogP contribution in [0.5, 0.6) is 0 Å². The van der Waals surface area contributed by atoms with Gasteiger partial charge < -0.3 is 10.1 Å². The van der Waals surface area contributed by atoms with Crippen molar-refractivity contribution in [3.63, 3.8) is 0 Å². The standard InChI is InChI=1S/C19H19FN2O3/c1-12-3-8-16(9-13(12)2)22-11-17(25-19(22)24)10-21-18(23)14-4-6-15(20)7-5-14/h3-9,17H,10-11H2,1-2H3,(H,21,23). The third-order valence-corrected chi connectivity index (χ3v) is 4.27. The molecule has 2 amide bonds. The summed E-state index contributed by atoms with van der Waals surface area (Å²) in [7, 11) is 0. The number of anilines is 1. The Balaban J connectivity index is 1.60. The zero-order valence-electron chi connectivity index (χ0n) is 14.1. The molecule has 0 saturated carbocycles. The average Bonchev–Trinajstić information content (AvgIpc) is 2.96. The van der Waals surface area contributed by atoms with Crippen LogP contribution < -0.4 is 10.2 Å². The molecule has 1 fully saturated rings. The Morgan fingerprint density at radius 2 is 1.92 bits per heavy atom. The van der Waals surface area contributed by atoms with Crippen LogP contribution in [0, 0.1) is 19.7 Å². The highest BCUT2D eigenvalue weighted by Gasteiger charge is 2.32. The molecule has 2 aromatic carbocycles. The van der Waals surface area contributed by atoms with Gasteiger partial charge in [-0.05, 0) is 61.4 Å². The number of carbonyl (C=O) groups excluding carboxylic acids is 2. The van der Waals surface area contributed by atoms with Crippen LogP contribution >= 0.6 is 0 Å². The normalized spacial score (nSPS) is 16.7. The maximum Gasteiger partial charge on any atom is 0.414 e. The van der Waals surface area contributed by atoms with Gasteiger partial charge in [0.25, 0.3) is 5.91 Å². The molecule has 0 aromatic heterocycles. The third kappa shape index (κ3) is 3.79. The van der Waals surface area contributed by atoms with Gasteiger partial charge in [0.1, 0.15) is 11.9 Å². The topological polar surface area (TPSA) is 58.6 Å². The van der Waals surface area contributed by atoms with Gasteiger partial charge in [-0.25, -0.2) is 9.18 Å². The second-order valence-corrected chi connectivity index (χ2v) is 6.10. The van der Waals surface area contributed by atoms with E-state index in [1.807, 2.05) is 32.0 Å². The van der Waals surface area contributed by atoms with Crippen LogP contribution in [0.25, 0.3) is 0 Å². The molecule has 0 spiro atoms. The summed E-state index contributed by atoms with van der Waals surface area (Å²) in [5.41, 5.74) is 3.38. The molecular weight excluding hydrogens is 323 g/mol. The molecule has 1 unspecified atom stereocenters. The van der Waals surface area contributed by atoms with E-state index in [0.717, 1.165) is 16.8 Å². The van der Waals surface area contributed by atoms with Gasteiger partial charge in [0.05, 0.1) is 13.1 Å². The molecule has 1 saturated heterocycles. The largest absolute Gasteiger partial charge is 0.442 e. The molecule has 1 atom stereocenters. The lowest BCUT2D eigenvalue weighted by Crippen LogP contribution is -2.34. The van der Waals surface area contributed by atoms with Crippen LogP contribution in [-0.2, 0) is 4.74 Å². The van der Waals surface area contributed by atoms with Crippen LogP contribution in [0.15, 0.2) is 42.5 Å². The van der Waals surface area contributed by atoms with Crippen molar-refractivity contribution in [3.05, 3.63) is 65.0 Å². The zero-order valence-corrected chi connectivity index (χ0v) is 14.1. The second kappa shape index (κ2) is 6.93. The predicted molar refractivity (Wildman–Crippen MR) is 92.3 cm³/mol.